The van der Waals surface area contributed by atoms with Crippen LogP contribution in [0.15, 0.2) is 24.3 Å². The molecule has 1 N–H and O–H groups in total. The average Bonchev–Trinajstić information content (AvgIpc) is 2.68. The fraction of sp³-hybridized carbons (Fsp3) is 0.600. The van der Waals surface area contributed by atoms with Crippen LogP contribution in [0.2, 0.25) is 0 Å². The van der Waals surface area contributed by atoms with E-state index < -0.39 is 22.6 Å². The number of nitrogens with zero attached hydrogens (tertiary/aromatic N) is 2. The van der Waals surface area contributed by atoms with Crippen molar-refractivity contribution < 1.29 is 17.2 Å². The van der Waals surface area contributed by atoms with Gasteiger partial charge in [0.2, 0.25) is 0 Å². The van der Waals surface area contributed by atoms with E-state index in [4.69, 9.17) is 0 Å². The number of halogens is 2. The minimum absolute atomic E-state index is 0.312. The number of para-hydroxylation sites is 2. The standard InChI is InChI=1S/C15H23F2N3O2S/c1-12(16)10-13(17)11-20-15-7-4-3-6-14(15)19(23(20,21)22)9-5-8-18-2/h3-4,6-7,12-13,18H,5,8-11H2,1-2H3. The lowest BCUT2D eigenvalue weighted by molar-refractivity contribution is 0.237. The van der Waals surface area contributed by atoms with E-state index >= 15 is 0 Å². The maximum atomic E-state index is 14.0. The van der Waals surface area contributed by atoms with Crippen molar-refractivity contribution in [3.8, 4) is 0 Å². The average molecular weight is 347 g/mol. The van der Waals surface area contributed by atoms with Crippen LogP contribution < -0.4 is 13.9 Å². The van der Waals surface area contributed by atoms with Gasteiger partial charge in [0.05, 0.1) is 17.9 Å². The molecule has 2 atom stereocenters. The Kier molecular flexibility index (Phi) is 5.80. The van der Waals surface area contributed by atoms with Crippen LogP contribution in [0.5, 0.6) is 0 Å². The van der Waals surface area contributed by atoms with E-state index in [2.05, 4.69) is 5.32 Å². The van der Waals surface area contributed by atoms with Crippen molar-refractivity contribution >= 4 is 21.6 Å². The number of nitrogens with one attached hydrogen (secondary N) is 1. The second-order valence-corrected chi connectivity index (χ2v) is 7.45. The predicted molar refractivity (Wildman–Crippen MR) is 88.7 cm³/mol. The van der Waals surface area contributed by atoms with E-state index in [-0.39, 0.29) is 13.0 Å². The van der Waals surface area contributed by atoms with Gasteiger partial charge in [-0.3, -0.25) is 4.31 Å². The molecule has 0 fully saturated rings. The van der Waals surface area contributed by atoms with Crippen molar-refractivity contribution in [2.45, 2.75) is 32.1 Å². The molecule has 1 aromatic rings. The summed E-state index contributed by atoms with van der Waals surface area (Å²) in [5.41, 5.74) is 0.996. The van der Waals surface area contributed by atoms with Gasteiger partial charge in [0.1, 0.15) is 12.3 Å². The van der Waals surface area contributed by atoms with Gasteiger partial charge in [0.15, 0.2) is 0 Å². The second-order valence-electron chi connectivity index (χ2n) is 5.67. The second kappa shape index (κ2) is 7.44. The van der Waals surface area contributed by atoms with Gasteiger partial charge < -0.3 is 5.32 Å². The Bertz CT molecular complexity index is 625. The molecule has 0 saturated carbocycles. The third kappa shape index (κ3) is 3.92. The van der Waals surface area contributed by atoms with Crippen LogP contribution in [0, 0.1) is 0 Å². The van der Waals surface area contributed by atoms with Crippen molar-refractivity contribution in [3.63, 3.8) is 0 Å². The van der Waals surface area contributed by atoms with Crippen LogP contribution in [0.25, 0.3) is 0 Å². The van der Waals surface area contributed by atoms with Crippen molar-refractivity contribution in [1.29, 1.82) is 0 Å². The van der Waals surface area contributed by atoms with Crippen molar-refractivity contribution in [2.24, 2.45) is 0 Å². The first kappa shape index (κ1) is 17.9. The number of fused-ring (bicyclic) bond motifs is 1. The molecule has 0 bridgehead atoms. The summed E-state index contributed by atoms with van der Waals surface area (Å²) in [5.74, 6) is 0. The molecule has 5 nitrogen and oxygen atoms in total. The summed E-state index contributed by atoms with van der Waals surface area (Å²) in [4.78, 5) is 0. The summed E-state index contributed by atoms with van der Waals surface area (Å²) in [5, 5.41) is 2.97. The molecule has 1 heterocycles. The van der Waals surface area contributed by atoms with Crippen LogP contribution in [-0.2, 0) is 10.2 Å². The summed E-state index contributed by atoms with van der Waals surface area (Å²) in [6.45, 7) is 1.89. The number of alkyl halides is 2. The molecule has 2 unspecified atom stereocenters. The summed E-state index contributed by atoms with van der Waals surface area (Å²) < 4.78 is 54.8. The minimum Gasteiger partial charge on any atom is -0.320 e. The van der Waals surface area contributed by atoms with Gasteiger partial charge >= 0.3 is 10.2 Å². The zero-order valence-corrected chi connectivity index (χ0v) is 14.2. The molecule has 0 spiro atoms. The zero-order valence-electron chi connectivity index (χ0n) is 13.4. The molecule has 0 aromatic heterocycles. The van der Waals surface area contributed by atoms with Gasteiger partial charge in [0.25, 0.3) is 0 Å². The van der Waals surface area contributed by atoms with Gasteiger partial charge in [-0.25, -0.2) is 13.1 Å². The first-order chi connectivity index (χ1) is 10.9. The molecule has 0 amide bonds. The Balaban J connectivity index is 2.25. The number of anilines is 2. The number of hydrogen-bond donors (Lipinski definition) is 1. The summed E-state index contributed by atoms with van der Waals surface area (Å²) >= 11 is 0. The van der Waals surface area contributed by atoms with E-state index in [0.717, 1.165) is 4.31 Å². The lowest BCUT2D eigenvalue weighted by atomic mass is 10.2. The summed E-state index contributed by atoms with van der Waals surface area (Å²) in [6.07, 6.45) is -2.53. The van der Waals surface area contributed by atoms with Gasteiger partial charge in [-0.15, -0.1) is 0 Å². The molecule has 0 radical (unpaired) electrons. The van der Waals surface area contributed by atoms with E-state index in [0.29, 0.717) is 30.9 Å². The Morgan fingerprint density at radius 2 is 1.78 bits per heavy atom. The molecule has 1 aromatic carbocycles. The highest BCUT2D eigenvalue weighted by molar-refractivity contribution is 7.94. The molecule has 130 valence electrons. The highest BCUT2D eigenvalue weighted by Gasteiger charge is 2.40. The van der Waals surface area contributed by atoms with E-state index in [1.165, 1.54) is 11.2 Å². The molecule has 0 saturated heterocycles. The van der Waals surface area contributed by atoms with Gasteiger partial charge in [-0.05, 0) is 39.1 Å². The third-order valence-corrected chi connectivity index (χ3v) is 5.55. The van der Waals surface area contributed by atoms with E-state index in [9.17, 15) is 17.2 Å². The normalized spacial score (nSPS) is 18.8. The van der Waals surface area contributed by atoms with Crippen molar-refractivity contribution in [1.82, 2.24) is 5.32 Å². The highest BCUT2D eigenvalue weighted by Crippen LogP contribution is 2.40. The first-order valence-electron chi connectivity index (χ1n) is 7.70. The summed E-state index contributed by atoms with van der Waals surface area (Å²) in [7, 11) is -2.03. The largest absolute Gasteiger partial charge is 0.326 e. The number of hydrogen-bond acceptors (Lipinski definition) is 3. The number of benzene rings is 1. The predicted octanol–water partition coefficient (Wildman–Crippen LogP) is 2.25. The Morgan fingerprint density at radius 1 is 1.17 bits per heavy atom. The molecule has 0 aliphatic carbocycles. The minimum atomic E-state index is -3.82. The van der Waals surface area contributed by atoms with Crippen LogP contribution in [0.1, 0.15) is 19.8 Å². The first-order valence-corrected chi connectivity index (χ1v) is 9.09. The smallest absolute Gasteiger partial charge is 0.320 e. The zero-order chi connectivity index (χ0) is 17.0. The van der Waals surface area contributed by atoms with Gasteiger partial charge in [-0.1, -0.05) is 12.1 Å². The quantitative estimate of drug-likeness (QED) is 0.734. The molecule has 23 heavy (non-hydrogen) atoms. The monoisotopic (exact) mass is 347 g/mol. The Morgan fingerprint density at radius 3 is 2.35 bits per heavy atom. The van der Waals surface area contributed by atoms with Crippen LogP contribution in [-0.4, -0.2) is 47.4 Å². The van der Waals surface area contributed by atoms with E-state index in [1.807, 2.05) is 0 Å². The number of rotatable bonds is 8. The highest BCUT2D eigenvalue weighted by atomic mass is 32.2. The maximum Gasteiger partial charge on any atom is 0.326 e. The maximum absolute atomic E-state index is 14.0. The molecular weight excluding hydrogens is 324 g/mol. The van der Waals surface area contributed by atoms with Gasteiger partial charge in [-0.2, -0.15) is 8.42 Å². The topological polar surface area (TPSA) is 52.6 Å². The van der Waals surface area contributed by atoms with Crippen LogP contribution in [0.3, 0.4) is 0 Å². The van der Waals surface area contributed by atoms with Crippen LogP contribution in [0.4, 0.5) is 20.2 Å². The van der Waals surface area contributed by atoms with Gasteiger partial charge in [0, 0.05) is 13.0 Å². The molecule has 2 rings (SSSR count). The molecule has 1 aliphatic rings. The summed E-state index contributed by atoms with van der Waals surface area (Å²) in [6, 6.07) is 6.82. The molecular formula is C15H23F2N3O2S. The third-order valence-electron chi connectivity index (χ3n) is 3.71. The van der Waals surface area contributed by atoms with Crippen LogP contribution >= 0.6 is 0 Å². The molecule has 1 aliphatic heterocycles. The fourth-order valence-electron chi connectivity index (χ4n) is 2.69. The van der Waals surface area contributed by atoms with Crippen molar-refractivity contribution in [3.05, 3.63) is 24.3 Å². The molecule has 8 heteroatoms. The lowest BCUT2D eigenvalue weighted by Crippen LogP contribution is -2.42. The van der Waals surface area contributed by atoms with E-state index in [1.54, 1.807) is 31.3 Å². The lowest BCUT2D eigenvalue weighted by Gasteiger charge is -2.23. The fourth-order valence-corrected chi connectivity index (χ4v) is 4.44. The Labute approximate surface area is 136 Å². The van der Waals surface area contributed by atoms with Crippen molar-refractivity contribution in [2.75, 3.05) is 35.3 Å². The SMILES string of the molecule is CNCCCN1c2ccccc2N(CC(F)CC(C)F)S1(=O)=O. The Hall–Kier alpha value is -1.41.